The molecule has 0 aliphatic carbocycles. The Morgan fingerprint density at radius 3 is 2.50 bits per heavy atom. The van der Waals surface area contributed by atoms with Gasteiger partial charge in [0.25, 0.3) is 0 Å². The average Bonchev–Trinajstić information content (AvgIpc) is 2.72. The second-order valence-electron chi connectivity index (χ2n) is 7.75. The van der Waals surface area contributed by atoms with Crippen LogP contribution < -0.4 is 9.47 Å². The van der Waals surface area contributed by atoms with Crippen molar-refractivity contribution in [2.45, 2.75) is 72.1 Å². The molecule has 0 radical (unpaired) electrons. The number of aryl methyl sites for hydroxylation is 1. The predicted octanol–water partition coefficient (Wildman–Crippen LogP) is 8.08. The summed E-state index contributed by atoms with van der Waals surface area (Å²) in [5.74, 6) is 2.64. The number of hydrogen-bond donors (Lipinski definition) is 0. The van der Waals surface area contributed by atoms with Crippen LogP contribution in [0, 0.1) is 12.8 Å². The lowest BCUT2D eigenvalue weighted by molar-refractivity contribution is 0.233. The number of alkyl halides is 1. The molecular formula is C25H37BrO2. The summed E-state index contributed by atoms with van der Waals surface area (Å²) in [6.07, 6.45) is 9.86. The molecule has 2 nitrogen and oxygen atoms in total. The summed E-state index contributed by atoms with van der Waals surface area (Å²) in [7, 11) is 0. The number of unbranched alkanes of at least 4 members (excludes halogenated alkanes) is 4. The van der Waals surface area contributed by atoms with Gasteiger partial charge in [0.05, 0.1) is 13.2 Å². The van der Waals surface area contributed by atoms with Crippen LogP contribution in [0.25, 0.3) is 10.8 Å². The van der Waals surface area contributed by atoms with Gasteiger partial charge in [0.1, 0.15) is 11.5 Å². The highest BCUT2D eigenvalue weighted by Gasteiger charge is 2.09. The van der Waals surface area contributed by atoms with E-state index in [1.807, 2.05) is 0 Å². The molecule has 1 unspecified atom stereocenters. The van der Waals surface area contributed by atoms with Gasteiger partial charge in [0.2, 0.25) is 0 Å². The van der Waals surface area contributed by atoms with Gasteiger partial charge in [-0.2, -0.15) is 0 Å². The normalized spacial score (nSPS) is 12.3. The van der Waals surface area contributed by atoms with Crippen LogP contribution in [0.2, 0.25) is 0 Å². The number of halogens is 1. The van der Waals surface area contributed by atoms with Crippen molar-refractivity contribution < 1.29 is 9.47 Å². The van der Waals surface area contributed by atoms with Crippen LogP contribution in [-0.2, 0) is 0 Å². The van der Waals surface area contributed by atoms with Gasteiger partial charge in [-0.15, -0.1) is 0 Å². The fraction of sp³-hybridized carbons (Fsp3) is 0.600. The van der Waals surface area contributed by atoms with Gasteiger partial charge in [-0.25, -0.2) is 0 Å². The highest BCUT2D eigenvalue weighted by Crippen LogP contribution is 2.30. The van der Waals surface area contributed by atoms with Crippen molar-refractivity contribution in [3.63, 3.8) is 0 Å². The van der Waals surface area contributed by atoms with Gasteiger partial charge in [-0.3, -0.25) is 0 Å². The highest BCUT2D eigenvalue weighted by atomic mass is 79.9. The van der Waals surface area contributed by atoms with Crippen LogP contribution in [0.4, 0.5) is 0 Å². The molecule has 0 N–H and O–H groups in total. The van der Waals surface area contributed by atoms with Crippen LogP contribution in [0.15, 0.2) is 30.3 Å². The molecule has 0 heterocycles. The zero-order valence-corrected chi connectivity index (χ0v) is 19.5. The molecule has 0 amide bonds. The smallest absolute Gasteiger partial charge is 0.122 e. The van der Waals surface area contributed by atoms with E-state index in [9.17, 15) is 0 Å². The van der Waals surface area contributed by atoms with Crippen LogP contribution in [-0.4, -0.2) is 18.5 Å². The monoisotopic (exact) mass is 448 g/mol. The minimum Gasteiger partial charge on any atom is -0.493 e. The standard InChI is InChI=1S/C25H37BrO2/c1-4-6-11-21(5-2)19-28-23-13-14-24-20(3)25(15-12-22(24)18-23)27-17-10-8-7-9-16-26/h12-15,18,21H,4-11,16-17,19H2,1-3H3. The lowest BCUT2D eigenvalue weighted by Gasteiger charge is -2.16. The van der Waals surface area contributed by atoms with E-state index in [4.69, 9.17) is 9.47 Å². The molecule has 28 heavy (non-hydrogen) atoms. The highest BCUT2D eigenvalue weighted by molar-refractivity contribution is 9.09. The van der Waals surface area contributed by atoms with Crippen LogP contribution >= 0.6 is 15.9 Å². The molecule has 0 saturated carbocycles. The largest absolute Gasteiger partial charge is 0.493 e. The number of rotatable bonds is 14. The van der Waals surface area contributed by atoms with E-state index in [2.05, 4.69) is 67.0 Å². The summed E-state index contributed by atoms with van der Waals surface area (Å²) in [6, 6.07) is 10.7. The fourth-order valence-electron chi connectivity index (χ4n) is 3.53. The van der Waals surface area contributed by atoms with Crippen molar-refractivity contribution in [1.29, 1.82) is 0 Å². The van der Waals surface area contributed by atoms with Gasteiger partial charge in [0.15, 0.2) is 0 Å². The minimum atomic E-state index is 0.655. The summed E-state index contributed by atoms with van der Waals surface area (Å²) < 4.78 is 12.2. The SMILES string of the molecule is CCCCC(CC)COc1ccc2c(C)c(OCCCCCCBr)ccc2c1. The van der Waals surface area contributed by atoms with Gasteiger partial charge in [0, 0.05) is 5.33 Å². The molecule has 0 spiro atoms. The molecule has 3 heteroatoms. The quantitative estimate of drug-likeness (QED) is 0.214. The Bertz CT molecular complexity index is 698. The Kier molecular flexibility index (Phi) is 10.8. The predicted molar refractivity (Wildman–Crippen MR) is 125 cm³/mol. The molecule has 0 bridgehead atoms. The second-order valence-corrected chi connectivity index (χ2v) is 8.54. The first-order chi connectivity index (χ1) is 13.7. The Labute approximate surface area is 180 Å². The minimum absolute atomic E-state index is 0.655. The topological polar surface area (TPSA) is 18.5 Å². The third-order valence-corrected chi connectivity index (χ3v) is 6.09. The molecule has 0 aromatic heterocycles. The van der Waals surface area contributed by atoms with Crippen LogP contribution in [0.3, 0.4) is 0 Å². The fourth-order valence-corrected chi connectivity index (χ4v) is 3.93. The van der Waals surface area contributed by atoms with E-state index in [1.165, 1.54) is 61.3 Å². The van der Waals surface area contributed by atoms with E-state index in [0.717, 1.165) is 36.5 Å². The maximum atomic E-state index is 6.11. The van der Waals surface area contributed by atoms with Gasteiger partial charge < -0.3 is 9.47 Å². The van der Waals surface area contributed by atoms with Crippen LogP contribution in [0.5, 0.6) is 11.5 Å². The molecule has 0 saturated heterocycles. The zero-order valence-electron chi connectivity index (χ0n) is 17.9. The summed E-state index contributed by atoms with van der Waals surface area (Å²) in [4.78, 5) is 0. The maximum absolute atomic E-state index is 6.11. The first-order valence-corrected chi connectivity index (χ1v) is 12.2. The van der Waals surface area contributed by atoms with E-state index >= 15 is 0 Å². The van der Waals surface area contributed by atoms with E-state index in [1.54, 1.807) is 0 Å². The third kappa shape index (κ3) is 7.31. The second kappa shape index (κ2) is 13.1. The van der Waals surface area contributed by atoms with E-state index < -0.39 is 0 Å². The molecule has 2 aromatic carbocycles. The zero-order chi connectivity index (χ0) is 20.2. The van der Waals surface area contributed by atoms with Crippen molar-refractivity contribution in [3.8, 4) is 11.5 Å². The van der Waals surface area contributed by atoms with Crippen molar-refractivity contribution in [3.05, 3.63) is 35.9 Å². The van der Waals surface area contributed by atoms with E-state index in [-0.39, 0.29) is 0 Å². The number of hydrogen-bond acceptors (Lipinski definition) is 2. The Morgan fingerprint density at radius 2 is 1.75 bits per heavy atom. The third-order valence-electron chi connectivity index (χ3n) is 5.53. The van der Waals surface area contributed by atoms with E-state index in [0.29, 0.717) is 5.92 Å². The van der Waals surface area contributed by atoms with Crippen LogP contribution in [0.1, 0.15) is 70.8 Å². The number of benzene rings is 2. The molecule has 1 atom stereocenters. The van der Waals surface area contributed by atoms with Crippen molar-refractivity contribution in [2.75, 3.05) is 18.5 Å². The molecular weight excluding hydrogens is 412 g/mol. The number of ether oxygens (including phenoxy) is 2. The lowest BCUT2D eigenvalue weighted by Crippen LogP contribution is -2.11. The molecule has 0 fully saturated rings. The first kappa shape index (κ1) is 23.1. The first-order valence-electron chi connectivity index (χ1n) is 11.0. The molecule has 2 rings (SSSR count). The summed E-state index contributed by atoms with van der Waals surface area (Å²) in [6.45, 7) is 8.28. The molecule has 2 aromatic rings. The Morgan fingerprint density at radius 1 is 0.929 bits per heavy atom. The summed E-state index contributed by atoms with van der Waals surface area (Å²) in [5.41, 5.74) is 1.22. The van der Waals surface area contributed by atoms with Gasteiger partial charge >= 0.3 is 0 Å². The molecule has 0 aliphatic heterocycles. The molecule has 0 aliphatic rings. The lowest BCUT2D eigenvalue weighted by atomic mass is 10.0. The Balaban J connectivity index is 1.93. The van der Waals surface area contributed by atoms with Gasteiger partial charge in [-0.1, -0.05) is 74.0 Å². The van der Waals surface area contributed by atoms with Crippen molar-refractivity contribution >= 4 is 26.7 Å². The Hall–Kier alpha value is -1.22. The van der Waals surface area contributed by atoms with Gasteiger partial charge in [-0.05, 0) is 66.6 Å². The van der Waals surface area contributed by atoms with Crippen molar-refractivity contribution in [2.24, 2.45) is 5.92 Å². The maximum Gasteiger partial charge on any atom is 0.122 e. The summed E-state index contributed by atoms with van der Waals surface area (Å²) >= 11 is 3.48. The number of fused-ring (bicyclic) bond motifs is 1. The molecule has 156 valence electrons. The average molecular weight is 449 g/mol. The van der Waals surface area contributed by atoms with Crippen molar-refractivity contribution in [1.82, 2.24) is 0 Å². The summed E-state index contributed by atoms with van der Waals surface area (Å²) in [5, 5.41) is 3.57.